The number of hydrogen-bond donors (Lipinski definition) is 2. The Balaban J connectivity index is 2.32. The van der Waals surface area contributed by atoms with E-state index in [0.29, 0.717) is 17.1 Å². The first-order chi connectivity index (χ1) is 9.46. The maximum atomic E-state index is 12.3. The van der Waals surface area contributed by atoms with E-state index in [9.17, 15) is 8.42 Å². The van der Waals surface area contributed by atoms with Crippen molar-refractivity contribution in [1.29, 1.82) is 0 Å². The molecule has 0 bridgehead atoms. The lowest BCUT2D eigenvalue weighted by molar-refractivity contribution is 0.415. The number of ether oxygens (including phenoxy) is 1. The van der Waals surface area contributed by atoms with Crippen LogP contribution < -0.4 is 15.2 Å². The SMILES string of the molecule is CCc1ccc(S(=O)(=O)Nc2cc(OC)ccc2N)s1. The Labute approximate surface area is 122 Å². The van der Waals surface area contributed by atoms with Gasteiger partial charge in [0.2, 0.25) is 0 Å². The fourth-order valence-electron chi connectivity index (χ4n) is 1.64. The molecule has 0 amide bonds. The molecule has 20 heavy (non-hydrogen) atoms. The van der Waals surface area contributed by atoms with Crippen LogP contribution in [0.2, 0.25) is 0 Å². The van der Waals surface area contributed by atoms with E-state index in [0.717, 1.165) is 11.3 Å². The van der Waals surface area contributed by atoms with Crippen LogP contribution in [-0.4, -0.2) is 15.5 Å². The summed E-state index contributed by atoms with van der Waals surface area (Å²) in [6.07, 6.45) is 0.807. The Morgan fingerprint density at radius 1 is 1.30 bits per heavy atom. The van der Waals surface area contributed by atoms with E-state index in [1.807, 2.05) is 13.0 Å². The number of nitrogens with two attached hydrogens (primary N) is 1. The van der Waals surface area contributed by atoms with Crippen LogP contribution in [0.4, 0.5) is 11.4 Å². The Hall–Kier alpha value is -1.73. The molecule has 0 aliphatic carbocycles. The highest BCUT2D eigenvalue weighted by atomic mass is 32.2. The number of benzene rings is 1. The summed E-state index contributed by atoms with van der Waals surface area (Å²) in [6.45, 7) is 1.98. The fourth-order valence-corrected chi connectivity index (χ4v) is 4.01. The van der Waals surface area contributed by atoms with Crippen LogP contribution >= 0.6 is 11.3 Å². The molecule has 1 heterocycles. The minimum absolute atomic E-state index is 0.275. The molecule has 0 radical (unpaired) electrons. The van der Waals surface area contributed by atoms with Crippen LogP contribution in [-0.2, 0) is 16.4 Å². The normalized spacial score (nSPS) is 11.3. The summed E-state index contributed by atoms with van der Waals surface area (Å²) in [6, 6.07) is 8.24. The van der Waals surface area contributed by atoms with Crippen molar-refractivity contribution in [2.45, 2.75) is 17.6 Å². The van der Waals surface area contributed by atoms with E-state index in [1.165, 1.54) is 18.4 Å². The number of anilines is 2. The van der Waals surface area contributed by atoms with Gasteiger partial charge in [0, 0.05) is 10.9 Å². The van der Waals surface area contributed by atoms with Gasteiger partial charge in [-0.3, -0.25) is 4.72 Å². The van der Waals surface area contributed by atoms with Crippen LogP contribution in [0.25, 0.3) is 0 Å². The monoisotopic (exact) mass is 312 g/mol. The molecule has 5 nitrogen and oxygen atoms in total. The summed E-state index contributed by atoms with van der Waals surface area (Å²) in [5.41, 5.74) is 6.45. The standard InChI is InChI=1S/C13H16N2O3S2/c1-3-10-5-7-13(19-10)20(16,17)15-12-8-9(18-2)4-6-11(12)14/h4-8,15H,3,14H2,1-2H3. The van der Waals surface area contributed by atoms with Crippen LogP contribution in [0.15, 0.2) is 34.5 Å². The largest absolute Gasteiger partial charge is 0.497 e. The second kappa shape index (κ2) is 5.72. The summed E-state index contributed by atoms with van der Waals surface area (Å²) in [4.78, 5) is 1.02. The molecule has 0 saturated heterocycles. The number of thiophene rings is 1. The number of nitrogen functional groups attached to an aromatic ring is 1. The van der Waals surface area contributed by atoms with Crippen LogP contribution in [0.3, 0.4) is 0 Å². The molecule has 0 unspecified atom stereocenters. The zero-order valence-corrected chi connectivity index (χ0v) is 12.8. The number of sulfonamides is 1. The molecule has 1 aromatic carbocycles. The van der Waals surface area contributed by atoms with Gasteiger partial charge in [0.05, 0.1) is 18.5 Å². The first-order valence-electron chi connectivity index (χ1n) is 6.01. The van der Waals surface area contributed by atoms with Crippen LogP contribution in [0.5, 0.6) is 5.75 Å². The number of nitrogens with one attached hydrogen (secondary N) is 1. The van der Waals surface area contributed by atoms with Gasteiger partial charge in [-0.25, -0.2) is 8.42 Å². The van der Waals surface area contributed by atoms with Gasteiger partial charge in [0.25, 0.3) is 10.0 Å². The summed E-state index contributed by atoms with van der Waals surface area (Å²) in [5, 5.41) is 0. The molecule has 0 fully saturated rings. The second-order valence-electron chi connectivity index (χ2n) is 4.13. The van der Waals surface area contributed by atoms with E-state index < -0.39 is 10.0 Å². The van der Waals surface area contributed by atoms with Gasteiger partial charge in [-0.1, -0.05) is 6.92 Å². The minimum atomic E-state index is -3.62. The smallest absolute Gasteiger partial charge is 0.271 e. The van der Waals surface area contributed by atoms with Gasteiger partial charge >= 0.3 is 0 Å². The van der Waals surface area contributed by atoms with Gasteiger partial charge in [-0.2, -0.15) is 0 Å². The van der Waals surface area contributed by atoms with Gasteiger partial charge in [0.1, 0.15) is 9.96 Å². The van der Waals surface area contributed by atoms with Crippen LogP contribution in [0.1, 0.15) is 11.8 Å². The average molecular weight is 312 g/mol. The van der Waals surface area contributed by atoms with Crippen molar-refractivity contribution in [2.75, 3.05) is 17.6 Å². The summed E-state index contributed by atoms with van der Waals surface area (Å²) in [7, 11) is -2.11. The highest BCUT2D eigenvalue weighted by molar-refractivity contribution is 7.94. The summed E-state index contributed by atoms with van der Waals surface area (Å²) >= 11 is 1.25. The summed E-state index contributed by atoms with van der Waals surface area (Å²) < 4.78 is 32.4. The number of methoxy groups -OCH3 is 1. The Morgan fingerprint density at radius 2 is 2.05 bits per heavy atom. The van der Waals surface area contributed by atoms with Gasteiger partial charge < -0.3 is 10.5 Å². The van der Waals surface area contributed by atoms with Crippen LogP contribution in [0, 0.1) is 0 Å². The Bertz CT molecular complexity index is 708. The van der Waals surface area contributed by atoms with E-state index in [1.54, 1.807) is 24.3 Å². The molecule has 2 rings (SSSR count). The maximum absolute atomic E-state index is 12.3. The minimum Gasteiger partial charge on any atom is -0.497 e. The van der Waals surface area contributed by atoms with Gasteiger partial charge in [0.15, 0.2) is 0 Å². The van der Waals surface area contributed by atoms with Crippen molar-refractivity contribution in [2.24, 2.45) is 0 Å². The highest BCUT2D eigenvalue weighted by Crippen LogP contribution is 2.29. The third kappa shape index (κ3) is 3.05. The number of aryl methyl sites for hydroxylation is 1. The predicted molar refractivity (Wildman–Crippen MR) is 81.9 cm³/mol. The molecule has 2 aromatic rings. The lowest BCUT2D eigenvalue weighted by Crippen LogP contribution is -2.12. The van der Waals surface area contributed by atoms with Crippen molar-refractivity contribution in [1.82, 2.24) is 0 Å². The molecule has 0 aliphatic rings. The molecule has 0 spiro atoms. The third-order valence-electron chi connectivity index (χ3n) is 2.76. The zero-order valence-electron chi connectivity index (χ0n) is 11.2. The maximum Gasteiger partial charge on any atom is 0.271 e. The Kier molecular flexibility index (Phi) is 4.20. The van der Waals surface area contributed by atoms with E-state index in [2.05, 4.69) is 4.72 Å². The topological polar surface area (TPSA) is 81.4 Å². The highest BCUT2D eigenvalue weighted by Gasteiger charge is 2.18. The molecule has 0 aliphatic heterocycles. The predicted octanol–water partition coefficient (Wildman–Crippen LogP) is 2.70. The van der Waals surface area contributed by atoms with Crippen molar-refractivity contribution in [3.63, 3.8) is 0 Å². The first-order valence-corrected chi connectivity index (χ1v) is 8.31. The first kappa shape index (κ1) is 14.7. The molecular weight excluding hydrogens is 296 g/mol. The lowest BCUT2D eigenvalue weighted by atomic mass is 10.2. The third-order valence-corrected chi connectivity index (χ3v) is 5.84. The molecular formula is C13H16N2O3S2. The molecule has 0 saturated carbocycles. The molecule has 1 aromatic heterocycles. The van der Waals surface area contributed by atoms with Crippen molar-refractivity contribution >= 4 is 32.7 Å². The van der Waals surface area contributed by atoms with Crippen molar-refractivity contribution in [3.8, 4) is 5.75 Å². The van der Waals surface area contributed by atoms with Crippen molar-refractivity contribution < 1.29 is 13.2 Å². The number of rotatable bonds is 5. The van der Waals surface area contributed by atoms with Crippen molar-refractivity contribution in [3.05, 3.63) is 35.2 Å². The zero-order chi connectivity index (χ0) is 14.8. The quantitative estimate of drug-likeness (QED) is 0.832. The Morgan fingerprint density at radius 3 is 2.65 bits per heavy atom. The average Bonchev–Trinajstić information content (AvgIpc) is 2.91. The molecule has 7 heteroatoms. The molecule has 108 valence electrons. The number of hydrogen-bond acceptors (Lipinski definition) is 5. The van der Waals surface area contributed by atoms with Gasteiger partial charge in [-0.05, 0) is 30.7 Å². The summed E-state index contributed by atoms with van der Waals surface area (Å²) in [5.74, 6) is 0.539. The lowest BCUT2D eigenvalue weighted by Gasteiger charge is -2.10. The molecule has 3 N–H and O–H groups in total. The fraction of sp³-hybridized carbons (Fsp3) is 0.231. The van der Waals surface area contributed by atoms with E-state index in [4.69, 9.17) is 10.5 Å². The van der Waals surface area contributed by atoms with E-state index in [-0.39, 0.29) is 4.21 Å². The molecule has 0 atom stereocenters. The van der Waals surface area contributed by atoms with Gasteiger partial charge in [-0.15, -0.1) is 11.3 Å². The van der Waals surface area contributed by atoms with E-state index >= 15 is 0 Å². The second-order valence-corrected chi connectivity index (χ2v) is 7.21.